The van der Waals surface area contributed by atoms with Gasteiger partial charge in [-0.25, -0.2) is 0 Å². The first-order valence-electron chi connectivity index (χ1n) is 5.38. The molecule has 0 atom stereocenters. The Morgan fingerprint density at radius 1 is 1.32 bits per heavy atom. The van der Waals surface area contributed by atoms with Crippen LogP contribution in [-0.2, 0) is 0 Å². The number of carbonyl (C=O) groups excluding carboxylic acids is 1. The fourth-order valence-electron chi connectivity index (χ4n) is 1.69. The molecular weight excluding hydrogens is 379 g/mol. The normalized spacial score (nSPS) is 12.5. The number of hydrogen-bond acceptors (Lipinski definition) is 5. The highest BCUT2D eigenvalue weighted by atomic mass is 127. The first-order chi connectivity index (χ1) is 9.13. The summed E-state index contributed by atoms with van der Waals surface area (Å²) < 4.78 is 11.5. The third-order valence-electron chi connectivity index (χ3n) is 2.62. The van der Waals surface area contributed by atoms with Crippen LogP contribution in [0.15, 0.2) is 23.6 Å². The van der Waals surface area contributed by atoms with Crippen LogP contribution in [0, 0.1) is 2.88 Å². The van der Waals surface area contributed by atoms with Crippen LogP contribution in [0.2, 0.25) is 0 Å². The van der Waals surface area contributed by atoms with Crippen molar-refractivity contribution in [2.24, 2.45) is 0 Å². The first kappa shape index (κ1) is 12.5. The van der Waals surface area contributed by atoms with Crippen LogP contribution in [0.4, 0.5) is 11.4 Å². The van der Waals surface area contributed by atoms with Gasteiger partial charge >= 0.3 is 0 Å². The number of benzene rings is 1. The Labute approximate surface area is 126 Å². The minimum Gasteiger partial charge on any atom is -0.454 e. The quantitative estimate of drug-likeness (QED) is 0.613. The highest BCUT2D eigenvalue weighted by Crippen LogP contribution is 2.38. The second kappa shape index (κ2) is 4.89. The van der Waals surface area contributed by atoms with Crippen molar-refractivity contribution in [1.82, 2.24) is 0 Å². The van der Waals surface area contributed by atoms with Crippen molar-refractivity contribution in [3.63, 3.8) is 0 Å². The average Bonchev–Trinajstić information content (AvgIpc) is 2.98. The smallest absolute Gasteiger partial charge is 0.256 e. The molecule has 0 bridgehead atoms. The Morgan fingerprint density at radius 2 is 2.05 bits per heavy atom. The zero-order chi connectivity index (χ0) is 13.4. The maximum absolute atomic E-state index is 12.0. The van der Waals surface area contributed by atoms with Gasteiger partial charge in [-0.15, -0.1) is 11.3 Å². The number of nitrogen functional groups attached to an aromatic ring is 1. The van der Waals surface area contributed by atoms with Gasteiger partial charge in [0, 0.05) is 17.5 Å². The van der Waals surface area contributed by atoms with Gasteiger partial charge in [0.15, 0.2) is 11.5 Å². The summed E-state index contributed by atoms with van der Waals surface area (Å²) in [5, 5.41) is 4.58. The molecule has 98 valence electrons. The van der Waals surface area contributed by atoms with E-state index in [2.05, 4.69) is 27.9 Å². The van der Waals surface area contributed by atoms with Gasteiger partial charge in [0.2, 0.25) is 6.79 Å². The lowest BCUT2D eigenvalue weighted by molar-refractivity contribution is 0.102. The highest BCUT2D eigenvalue weighted by Gasteiger charge is 2.18. The molecule has 7 heteroatoms. The summed E-state index contributed by atoms with van der Waals surface area (Å²) in [5.41, 5.74) is 7.46. The minimum absolute atomic E-state index is 0.175. The van der Waals surface area contributed by atoms with Gasteiger partial charge in [0.1, 0.15) is 0 Å². The van der Waals surface area contributed by atoms with Crippen LogP contribution < -0.4 is 20.5 Å². The van der Waals surface area contributed by atoms with Gasteiger partial charge < -0.3 is 20.5 Å². The second-order valence-electron chi connectivity index (χ2n) is 3.89. The van der Waals surface area contributed by atoms with Crippen molar-refractivity contribution in [3.05, 3.63) is 32.0 Å². The molecule has 0 spiro atoms. The molecule has 2 aromatic rings. The predicted octanol–water partition coefficient (Wildman–Crippen LogP) is 2.92. The van der Waals surface area contributed by atoms with E-state index in [-0.39, 0.29) is 12.7 Å². The van der Waals surface area contributed by atoms with Crippen LogP contribution in [0.3, 0.4) is 0 Å². The van der Waals surface area contributed by atoms with Gasteiger partial charge in [0.25, 0.3) is 5.91 Å². The van der Waals surface area contributed by atoms with Crippen molar-refractivity contribution in [3.8, 4) is 11.5 Å². The molecule has 1 aromatic carbocycles. The van der Waals surface area contributed by atoms with Crippen LogP contribution in [0.25, 0.3) is 0 Å². The van der Waals surface area contributed by atoms with Gasteiger partial charge in [-0.1, -0.05) is 0 Å². The molecule has 19 heavy (non-hydrogen) atoms. The molecule has 1 aromatic heterocycles. The zero-order valence-corrected chi connectivity index (χ0v) is 12.6. The summed E-state index contributed by atoms with van der Waals surface area (Å²) in [4.78, 5) is 12.0. The Morgan fingerprint density at radius 3 is 2.74 bits per heavy atom. The standard InChI is InChI=1S/C12H9IN2O3S/c13-11-1-6(4-19-11)12(16)15-8-3-10-9(2-7(8)14)17-5-18-10/h1-4H,5,14H2,(H,15,16). The minimum atomic E-state index is -0.190. The van der Waals surface area contributed by atoms with E-state index in [1.165, 1.54) is 11.3 Å². The maximum Gasteiger partial charge on any atom is 0.256 e. The van der Waals surface area contributed by atoms with E-state index < -0.39 is 0 Å². The molecule has 1 aliphatic rings. The van der Waals surface area contributed by atoms with Gasteiger partial charge in [0.05, 0.1) is 19.8 Å². The fourth-order valence-corrected chi connectivity index (χ4v) is 3.02. The number of anilines is 2. The molecule has 1 amide bonds. The molecular formula is C12H9IN2O3S. The highest BCUT2D eigenvalue weighted by molar-refractivity contribution is 14.1. The summed E-state index contributed by atoms with van der Waals surface area (Å²) in [6.07, 6.45) is 0. The van der Waals surface area contributed by atoms with Crippen LogP contribution in [0.5, 0.6) is 11.5 Å². The number of rotatable bonds is 2. The van der Waals surface area contributed by atoms with Crippen molar-refractivity contribution in [2.45, 2.75) is 0 Å². The Balaban J connectivity index is 1.85. The number of hydrogen-bond donors (Lipinski definition) is 2. The van der Waals surface area contributed by atoms with E-state index in [1.807, 2.05) is 6.07 Å². The summed E-state index contributed by atoms with van der Waals surface area (Å²) in [5.74, 6) is 0.995. The van der Waals surface area contributed by atoms with E-state index in [1.54, 1.807) is 17.5 Å². The van der Waals surface area contributed by atoms with E-state index in [0.29, 0.717) is 28.4 Å². The Bertz CT molecular complexity index is 656. The van der Waals surface area contributed by atoms with Crippen molar-refractivity contribution < 1.29 is 14.3 Å². The van der Waals surface area contributed by atoms with Crippen molar-refractivity contribution >= 4 is 51.2 Å². The Kier molecular flexibility index (Phi) is 3.23. The first-order valence-corrected chi connectivity index (χ1v) is 7.34. The molecule has 1 aliphatic heterocycles. The van der Waals surface area contributed by atoms with Crippen LogP contribution in [0.1, 0.15) is 10.4 Å². The van der Waals surface area contributed by atoms with E-state index in [4.69, 9.17) is 15.2 Å². The van der Waals surface area contributed by atoms with Gasteiger partial charge in [-0.3, -0.25) is 4.79 Å². The lowest BCUT2D eigenvalue weighted by Gasteiger charge is -2.08. The maximum atomic E-state index is 12.0. The molecule has 3 N–H and O–H groups in total. The van der Waals surface area contributed by atoms with Gasteiger partial charge in [-0.05, 0) is 28.7 Å². The summed E-state index contributed by atoms with van der Waals surface area (Å²) >= 11 is 3.69. The molecule has 5 nitrogen and oxygen atoms in total. The monoisotopic (exact) mass is 388 g/mol. The number of thiophene rings is 1. The molecule has 0 aliphatic carbocycles. The number of halogens is 1. The lowest BCUT2D eigenvalue weighted by atomic mass is 10.2. The topological polar surface area (TPSA) is 73.6 Å². The third-order valence-corrected chi connectivity index (χ3v) is 4.41. The molecule has 2 heterocycles. The number of ether oxygens (including phenoxy) is 2. The zero-order valence-electron chi connectivity index (χ0n) is 9.60. The summed E-state index contributed by atoms with van der Waals surface area (Å²) in [6.45, 7) is 0.175. The molecule has 0 saturated carbocycles. The van der Waals surface area contributed by atoms with Crippen molar-refractivity contribution in [2.75, 3.05) is 17.8 Å². The largest absolute Gasteiger partial charge is 0.454 e. The predicted molar refractivity (Wildman–Crippen MR) is 82.0 cm³/mol. The SMILES string of the molecule is Nc1cc2c(cc1NC(=O)c1csc(I)c1)OCO2. The lowest BCUT2D eigenvalue weighted by Crippen LogP contribution is -2.12. The molecule has 0 unspecified atom stereocenters. The van der Waals surface area contributed by atoms with Crippen LogP contribution in [-0.4, -0.2) is 12.7 Å². The number of nitrogens with two attached hydrogens (primary N) is 1. The van der Waals surface area contributed by atoms with Gasteiger partial charge in [-0.2, -0.15) is 0 Å². The number of fused-ring (bicyclic) bond motifs is 1. The van der Waals surface area contributed by atoms with Crippen molar-refractivity contribution in [1.29, 1.82) is 0 Å². The van der Waals surface area contributed by atoms with E-state index >= 15 is 0 Å². The van der Waals surface area contributed by atoms with Crippen LogP contribution >= 0.6 is 33.9 Å². The fraction of sp³-hybridized carbons (Fsp3) is 0.0833. The summed E-state index contributed by atoms with van der Waals surface area (Å²) in [6, 6.07) is 5.14. The number of amides is 1. The van der Waals surface area contributed by atoms with E-state index in [0.717, 1.165) is 2.88 Å². The second-order valence-corrected chi connectivity index (χ2v) is 6.69. The van der Waals surface area contributed by atoms with E-state index in [9.17, 15) is 4.79 Å². The molecule has 3 rings (SSSR count). The molecule has 0 saturated heterocycles. The number of carbonyl (C=O) groups is 1. The number of nitrogens with one attached hydrogen (secondary N) is 1. The third kappa shape index (κ3) is 2.47. The summed E-state index contributed by atoms with van der Waals surface area (Å²) in [7, 11) is 0. The average molecular weight is 388 g/mol. The Hall–Kier alpha value is -1.48. The molecule has 0 fully saturated rings. The molecule has 0 radical (unpaired) electrons.